The zero-order valence-corrected chi connectivity index (χ0v) is 20.7. The molecule has 4 aromatic rings. The molecule has 4 rings (SSSR count). The van der Waals surface area contributed by atoms with Crippen LogP contribution in [0.25, 0.3) is 11.2 Å². The number of nitrogens with one attached hydrogen (secondary N) is 1. The van der Waals surface area contributed by atoms with E-state index in [0.717, 1.165) is 16.9 Å². The Morgan fingerprint density at radius 1 is 1.06 bits per heavy atom. The van der Waals surface area contributed by atoms with Crippen molar-refractivity contribution in [2.75, 3.05) is 7.11 Å². The van der Waals surface area contributed by atoms with Crippen molar-refractivity contribution < 1.29 is 9.53 Å². The first-order valence-corrected chi connectivity index (χ1v) is 12.2. The Balaban J connectivity index is 1.61. The Bertz CT molecular complexity index is 1370. The second-order valence-electron chi connectivity index (χ2n) is 8.08. The first kappa shape index (κ1) is 24.4. The van der Waals surface area contributed by atoms with Crippen LogP contribution in [0.4, 0.5) is 0 Å². The number of carbonyl (C=O) groups excluding carboxylic acids is 1. The Kier molecular flexibility index (Phi) is 7.77. The quantitative estimate of drug-likeness (QED) is 0.282. The molecule has 0 aliphatic carbocycles. The Morgan fingerprint density at radius 3 is 2.43 bits per heavy atom. The molecular weight excluding hydrogens is 462 g/mol. The van der Waals surface area contributed by atoms with Crippen molar-refractivity contribution in [1.29, 1.82) is 0 Å². The van der Waals surface area contributed by atoms with Crippen molar-refractivity contribution in [3.63, 3.8) is 0 Å². The highest BCUT2D eigenvalue weighted by atomic mass is 32.2. The number of amides is 1. The zero-order chi connectivity index (χ0) is 24.8. The first-order chi connectivity index (χ1) is 17.0. The van der Waals surface area contributed by atoms with Gasteiger partial charge in [-0.05, 0) is 36.6 Å². The number of fused-ring (bicyclic) bond motifs is 1. The molecule has 0 unspecified atom stereocenters. The smallest absolute Gasteiger partial charge is 0.282 e. The van der Waals surface area contributed by atoms with Crippen molar-refractivity contribution in [3.8, 4) is 5.75 Å². The lowest BCUT2D eigenvalue weighted by atomic mass is 10.1. The van der Waals surface area contributed by atoms with Crippen molar-refractivity contribution in [1.82, 2.24) is 24.8 Å². The lowest BCUT2D eigenvalue weighted by Gasteiger charge is -2.18. The number of benzene rings is 2. The topological polar surface area (TPSA) is 99.0 Å². The number of nitrogens with zero attached hydrogens (tertiary/aromatic N) is 4. The summed E-state index contributed by atoms with van der Waals surface area (Å²) in [4.78, 5) is 39.4. The molecule has 2 aromatic carbocycles. The van der Waals surface area contributed by atoms with Crippen molar-refractivity contribution in [2.45, 2.75) is 43.8 Å². The monoisotopic (exact) mass is 489 g/mol. The van der Waals surface area contributed by atoms with Gasteiger partial charge in [-0.25, -0.2) is 15.0 Å². The van der Waals surface area contributed by atoms with Crippen LogP contribution in [0.1, 0.15) is 30.0 Å². The molecule has 35 heavy (non-hydrogen) atoms. The Labute approximate surface area is 207 Å². The van der Waals surface area contributed by atoms with Gasteiger partial charge >= 0.3 is 0 Å². The molecule has 180 valence electrons. The summed E-state index contributed by atoms with van der Waals surface area (Å²) in [5.74, 6) is 0.622. The van der Waals surface area contributed by atoms with E-state index >= 15 is 0 Å². The van der Waals surface area contributed by atoms with Crippen LogP contribution in [0, 0.1) is 6.92 Å². The van der Waals surface area contributed by atoms with E-state index in [9.17, 15) is 9.59 Å². The van der Waals surface area contributed by atoms with Gasteiger partial charge in [-0.1, -0.05) is 60.6 Å². The minimum atomic E-state index is -0.427. The second-order valence-corrected chi connectivity index (χ2v) is 9.25. The summed E-state index contributed by atoms with van der Waals surface area (Å²) < 4.78 is 6.79. The van der Waals surface area contributed by atoms with Gasteiger partial charge in [0.2, 0.25) is 5.91 Å². The molecule has 0 saturated heterocycles. The van der Waals surface area contributed by atoms with Crippen LogP contribution in [-0.4, -0.2) is 37.8 Å². The Morgan fingerprint density at radius 2 is 1.74 bits per heavy atom. The molecule has 2 heterocycles. The van der Waals surface area contributed by atoms with Crippen LogP contribution in [0.5, 0.6) is 5.75 Å². The molecular formula is C26H27N5O3S. The van der Waals surface area contributed by atoms with Gasteiger partial charge in [-0.2, -0.15) is 0 Å². The molecule has 0 bridgehead atoms. The van der Waals surface area contributed by atoms with Gasteiger partial charge in [0, 0.05) is 18.9 Å². The van der Waals surface area contributed by atoms with Gasteiger partial charge in [0.25, 0.3) is 5.56 Å². The van der Waals surface area contributed by atoms with Gasteiger partial charge in [0.05, 0.1) is 18.9 Å². The van der Waals surface area contributed by atoms with E-state index < -0.39 is 5.25 Å². The van der Waals surface area contributed by atoms with Gasteiger partial charge in [0.15, 0.2) is 16.3 Å². The van der Waals surface area contributed by atoms with Crippen LogP contribution in [0.3, 0.4) is 0 Å². The van der Waals surface area contributed by atoms with Crippen LogP contribution in [0.15, 0.2) is 70.9 Å². The van der Waals surface area contributed by atoms with Crippen molar-refractivity contribution in [3.05, 3.63) is 88.0 Å². The predicted octanol–water partition coefficient (Wildman–Crippen LogP) is 3.74. The summed E-state index contributed by atoms with van der Waals surface area (Å²) in [6.07, 6.45) is 3.55. The SMILES string of the molecule is CC[C@H](Sc1nc2nccnc2c(=O)n1Cc1ccc(OC)cc1)C(=O)NCc1ccc(C)cc1. The average Bonchev–Trinajstić information content (AvgIpc) is 2.89. The van der Waals surface area contributed by atoms with Gasteiger partial charge in [-0.3, -0.25) is 14.2 Å². The maximum Gasteiger partial charge on any atom is 0.282 e. The number of aromatic nitrogens is 4. The van der Waals surface area contributed by atoms with E-state index in [1.165, 1.54) is 29.7 Å². The molecule has 0 aliphatic heterocycles. The number of methoxy groups -OCH3 is 1. The van der Waals surface area contributed by atoms with Crippen molar-refractivity contribution in [2.24, 2.45) is 0 Å². The molecule has 0 fully saturated rings. The maximum atomic E-state index is 13.3. The molecule has 0 saturated carbocycles. The van der Waals surface area contributed by atoms with Gasteiger partial charge in [0.1, 0.15) is 5.75 Å². The number of rotatable bonds is 9. The molecule has 0 radical (unpaired) electrons. The molecule has 9 heteroatoms. The summed E-state index contributed by atoms with van der Waals surface area (Å²) in [5.41, 5.74) is 3.26. The van der Waals surface area contributed by atoms with E-state index in [2.05, 4.69) is 20.3 Å². The van der Waals surface area contributed by atoms with Crippen LogP contribution < -0.4 is 15.6 Å². The third kappa shape index (κ3) is 5.86. The Hall–Kier alpha value is -3.72. The number of hydrogen-bond donors (Lipinski definition) is 1. The lowest BCUT2D eigenvalue weighted by molar-refractivity contribution is -0.120. The number of thioether (sulfide) groups is 1. The fraction of sp³-hybridized carbons (Fsp3) is 0.269. The van der Waals surface area contributed by atoms with E-state index in [4.69, 9.17) is 4.74 Å². The van der Waals surface area contributed by atoms with E-state index in [-0.39, 0.29) is 29.2 Å². The molecule has 1 amide bonds. The normalized spacial score (nSPS) is 11.9. The van der Waals surface area contributed by atoms with Crippen LogP contribution in [-0.2, 0) is 17.9 Å². The second kappa shape index (κ2) is 11.1. The molecule has 1 atom stereocenters. The number of carbonyl (C=O) groups is 1. The standard InChI is InChI=1S/C26H27N5O3S/c1-4-21(24(32)29-15-18-7-5-17(2)6-8-18)35-26-30-23-22(27-13-14-28-23)25(33)31(26)16-19-9-11-20(34-3)12-10-19/h5-14,21H,4,15-16H2,1-3H3,(H,29,32)/t21-/m0/s1. The minimum absolute atomic E-state index is 0.109. The predicted molar refractivity (Wildman–Crippen MR) is 137 cm³/mol. The summed E-state index contributed by atoms with van der Waals surface area (Å²) in [7, 11) is 1.61. The third-order valence-corrected chi connectivity index (χ3v) is 6.91. The highest BCUT2D eigenvalue weighted by Gasteiger charge is 2.22. The number of hydrogen-bond acceptors (Lipinski definition) is 7. The summed E-state index contributed by atoms with van der Waals surface area (Å²) in [5, 5.41) is 3.01. The number of aryl methyl sites for hydroxylation is 1. The summed E-state index contributed by atoms with van der Waals surface area (Å²) >= 11 is 1.26. The molecule has 2 aromatic heterocycles. The summed E-state index contributed by atoms with van der Waals surface area (Å²) in [6.45, 7) is 4.69. The van der Waals surface area contributed by atoms with Crippen molar-refractivity contribution >= 4 is 28.8 Å². The fourth-order valence-corrected chi connectivity index (χ4v) is 4.56. The fourth-order valence-electron chi connectivity index (χ4n) is 3.53. The summed E-state index contributed by atoms with van der Waals surface area (Å²) in [6, 6.07) is 15.5. The van der Waals surface area contributed by atoms with Crippen LogP contribution in [0.2, 0.25) is 0 Å². The maximum absolute atomic E-state index is 13.3. The highest BCUT2D eigenvalue weighted by molar-refractivity contribution is 8.00. The van der Waals surface area contributed by atoms with Gasteiger partial charge in [-0.15, -0.1) is 0 Å². The molecule has 0 spiro atoms. The first-order valence-electron chi connectivity index (χ1n) is 11.3. The third-order valence-electron chi connectivity index (χ3n) is 5.56. The lowest BCUT2D eigenvalue weighted by Crippen LogP contribution is -2.33. The highest BCUT2D eigenvalue weighted by Crippen LogP contribution is 2.25. The molecule has 1 N–H and O–H groups in total. The number of ether oxygens (including phenoxy) is 1. The average molecular weight is 490 g/mol. The van der Waals surface area contributed by atoms with E-state index in [0.29, 0.717) is 18.1 Å². The molecule has 0 aliphatic rings. The van der Waals surface area contributed by atoms with E-state index in [1.807, 2.05) is 62.4 Å². The zero-order valence-electron chi connectivity index (χ0n) is 19.9. The minimum Gasteiger partial charge on any atom is -0.497 e. The van der Waals surface area contributed by atoms with Crippen LogP contribution >= 0.6 is 11.8 Å². The van der Waals surface area contributed by atoms with Gasteiger partial charge < -0.3 is 10.1 Å². The molecule has 8 nitrogen and oxygen atoms in total. The van der Waals surface area contributed by atoms with E-state index in [1.54, 1.807) is 11.7 Å². The largest absolute Gasteiger partial charge is 0.497 e.